The molecule has 2 heteroatoms. The van der Waals surface area contributed by atoms with Crippen molar-refractivity contribution in [2.75, 3.05) is 19.7 Å². The van der Waals surface area contributed by atoms with Gasteiger partial charge in [-0.1, -0.05) is 6.92 Å². The summed E-state index contributed by atoms with van der Waals surface area (Å²) >= 11 is 0. The molecule has 0 amide bonds. The summed E-state index contributed by atoms with van der Waals surface area (Å²) in [6.45, 7) is 10.4. The molecule has 0 aliphatic carbocycles. The number of ether oxygens (including phenoxy) is 1. The van der Waals surface area contributed by atoms with Crippen LogP contribution in [0.3, 0.4) is 0 Å². The van der Waals surface area contributed by atoms with E-state index >= 15 is 0 Å². The lowest BCUT2D eigenvalue weighted by atomic mass is 9.76. The van der Waals surface area contributed by atoms with Crippen molar-refractivity contribution in [3.63, 3.8) is 0 Å². The highest BCUT2D eigenvalue weighted by molar-refractivity contribution is 4.92. The molecule has 1 unspecified atom stereocenters. The first kappa shape index (κ1) is 11.4. The highest BCUT2D eigenvalue weighted by atomic mass is 16.5. The van der Waals surface area contributed by atoms with E-state index in [1.807, 2.05) is 0 Å². The largest absolute Gasteiger partial charge is 0.378 e. The van der Waals surface area contributed by atoms with Crippen LogP contribution in [0.25, 0.3) is 0 Å². The number of piperidine rings is 1. The topological polar surface area (TPSA) is 12.5 Å². The number of hydrogen-bond acceptors (Lipinski definition) is 2. The normalized spacial score (nSPS) is 31.6. The first-order valence-electron chi connectivity index (χ1n) is 6.51. The Bertz CT molecular complexity index is 207. The van der Waals surface area contributed by atoms with Gasteiger partial charge < -0.3 is 9.64 Å². The molecule has 2 nitrogen and oxygen atoms in total. The summed E-state index contributed by atoms with van der Waals surface area (Å²) in [4.78, 5) is 2.60. The second-order valence-electron chi connectivity index (χ2n) is 5.68. The van der Waals surface area contributed by atoms with Gasteiger partial charge in [0.2, 0.25) is 0 Å². The molecular weight excluding hydrogens is 186 g/mol. The fourth-order valence-electron chi connectivity index (χ4n) is 3.02. The molecule has 1 spiro atoms. The molecule has 88 valence electrons. The minimum atomic E-state index is 0.548. The van der Waals surface area contributed by atoms with Gasteiger partial charge in [0.15, 0.2) is 0 Å². The SMILES string of the molecule is CCC1CC2(CCN(C(C)C)CC2)CO1. The smallest absolute Gasteiger partial charge is 0.0579 e. The Morgan fingerprint density at radius 1 is 1.33 bits per heavy atom. The van der Waals surface area contributed by atoms with Crippen LogP contribution in [-0.4, -0.2) is 36.7 Å². The van der Waals surface area contributed by atoms with E-state index in [4.69, 9.17) is 4.74 Å². The molecule has 2 heterocycles. The number of likely N-dealkylation sites (tertiary alicyclic amines) is 1. The highest BCUT2D eigenvalue weighted by Gasteiger charge is 2.41. The van der Waals surface area contributed by atoms with Crippen LogP contribution >= 0.6 is 0 Å². The summed E-state index contributed by atoms with van der Waals surface area (Å²) in [5.41, 5.74) is 0.548. The van der Waals surface area contributed by atoms with E-state index in [9.17, 15) is 0 Å². The van der Waals surface area contributed by atoms with Crippen molar-refractivity contribution in [2.45, 2.75) is 58.6 Å². The zero-order valence-electron chi connectivity index (χ0n) is 10.5. The van der Waals surface area contributed by atoms with Crippen molar-refractivity contribution in [1.29, 1.82) is 0 Å². The zero-order chi connectivity index (χ0) is 10.9. The fraction of sp³-hybridized carbons (Fsp3) is 1.00. The number of hydrogen-bond donors (Lipinski definition) is 0. The van der Waals surface area contributed by atoms with Crippen LogP contribution < -0.4 is 0 Å². The molecule has 2 rings (SSSR count). The molecule has 0 N–H and O–H groups in total. The summed E-state index contributed by atoms with van der Waals surface area (Å²) in [7, 11) is 0. The molecule has 15 heavy (non-hydrogen) atoms. The van der Waals surface area contributed by atoms with E-state index < -0.39 is 0 Å². The minimum absolute atomic E-state index is 0.548. The van der Waals surface area contributed by atoms with Gasteiger partial charge in [-0.25, -0.2) is 0 Å². The second-order valence-corrected chi connectivity index (χ2v) is 5.68. The Labute approximate surface area is 94.0 Å². The van der Waals surface area contributed by atoms with E-state index in [-0.39, 0.29) is 0 Å². The van der Waals surface area contributed by atoms with Gasteiger partial charge >= 0.3 is 0 Å². The van der Waals surface area contributed by atoms with Crippen molar-refractivity contribution in [1.82, 2.24) is 4.90 Å². The van der Waals surface area contributed by atoms with Gasteiger partial charge in [0.1, 0.15) is 0 Å². The Balaban J connectivity index is 1.87. The van der Waals surface area contributed by atoms with Crippen molar-refractivity contribution < 1.29 is 4.74 Å². The third-order valence-corrected chi connectivity index (χ3v) is 4.33. The lowest BCUT2D eigenvalue weighted by Crippen LogP contribution is -2.43. The van der Waals surface area contributed by atoms with Gasteiger partial charge in [0, 0.05) is 6.04 Å². The van der Waals surface area contributed by atoms with E-state index in [0.29, 0.717) is 17.6 Å². The maximum Gasteiger partial charge on any atom is 0.0579 e. The Kier molecular flexibility index (Phi) is 3.36. The zero-order valence-corrected chi connectivity index (χ0v) is 10.5. The molecule has 1 atom stereocenters. The van der Waals surface area contributed by atoms with E-state index in [0.717, 1.165) is 6.61 Å². The third-order valence-electron chi connectivity index (χ3n) is 4.33. The van der Waals surface area contributed by atoms with Crippen LogP contribution in [0, 0.1) is 5.41 Å². The Morgan fingerprint density at radius 2 is 2.00 bits per heavy atom. The molecule has 0 bridgehead atoms. The van der Waals surface area contributed by atoms with Crippen LogP contribution in [-0.2, 0) is 4.74 Å². The maximum atomic E-state index is 5.87. The molecule has 0 aromatic rings. The maximum absolute atomic E-state index is 5.87. The van der Waals surface area contributed by atoms with Gasteiger partial charge in [0.05, 0.1) is 12.7 Å². The number of nitrogens with zero attached hydrogens (tertiary/aromatic N) is 1. The molecule has 0 saturated carbocycles. The molecule has 0 aromatic heterocycles. The molecule has 2 saturated heterocycles. The van der Waals surface area contributed by atoms with Crippen LogP contribution in [0.5, 0.6) is 0 Å². The average molecular weight is 211 g/mol. The van der Waals surface area contributed by atoms with E-state index in [1.165, 1.54) is 38.8 Å². The standard InChI is InChI=1S/C13H25NO/c1-4-12-9-13(10-15-12)5-7-14(8-6-13)11(2)3/h11-12H,4-10H2,1-3H3. The van der Waals surface area contributed by atoms with Gasteiger partial charge in [-0.05, 0) is 58.0 Å². The van der Waals surface area contributed by atoms with E-state index in [2.05, 4.69) is 25.7 Å². The average Bonchev–Trinajstić information content (AvgIpc) is 2.62. The number of rotatable bonds is 2. The van der Waals surface area contributed by atoms with Gasteiger partial charge in [-0.3, -0.25) is 0 Å². The summed E-state index contributed by atoms with van der Waals surface area (Å²) in [6.07, 6.45) is 5.75. The van der Waals surface area contributed by atoms with E-state index in [1.54, 1.807) is 0 Å². The minimum Gasteiger partial charge on any atom is -0.378 e. The predicted molar refractivity (Wildman–Crippen MR) is 63.0 cm³/mol. The van der Waals surface area contributed by atoms with Crippen LogP contribution in [0.1, 0.15) is 46.5 Å². The second kappa shape index (κ2) is 4.42. The fourth-order valence-corrected chi connectivity index (χ4v) is 3.02. The lowest BCUT2D eigenvalue weighted by molar-refractivity contribution is 0.0554. The van der Waals surface area contributed by atoms with Crippen molar-refractivity contribution >= 4 is 0 Å². The summed E-state index contributed by atoms with van der Waals surface area (Å²) in [5, 5.41) is 0. The summed E-state index contributed by atoms with van der Waals surface area (Å²) < 4.78 is 5.87. The summed E-state index contributed by atoms with van der Waals surface area (Å²) in [6, 6.07) is 0.714. The van der Waals surface area contributed by atoms with Gasteiger partial charge in [-0.15, -0.1) is 0 Å². The highest BCUT2D eigenvalue weighted by Crippen LogP contribution is 2.42. The molecule has 0 radical (unpaired) electrons. The van der Waals surface area contributed by atoms with Crippen LogP contribution in [0.2, 0.25) is 0 Å². The molecule has 2 fully saturated rings. The molecular formula is C13H25NO. The Hall–Kier alpha value is -0.0800. The van der Waals surface area contributed by atoms with Crippen LogP contribution in [0.4, 0.5) is 0 Å². The van der Waals surface area contributed by atoms with Crippen molar-refractivity contribution in [2.24, 2.45) is 5.41 Å². The van der Waals surface area contributed by atoms with Gasteiger partial charge in [0.25, 0.3) is 0 Å². The first-order valence-corrected chi connectivity index (χ1v) is 6.51. The molecule has 0 aromatic carbocycles. The lowest BCUT2D eigenvalue weighted by Gasteiger charge is -2.40. The molecule has 2 aliphatic rings. The van der Waals surface area contributed by atoms with Crippen molar-refractivity contribution in [3.05, 3.63) is 0 Å². The first-order chi connectivity index (χ1) is 7.15. The monoisotopic (exact) mass is 211 g/mol. The van der Waals surface area contributed by atoms with Crippen molar-refractivity contribution in [3.8, 4) is 0 Å². The predicted octanol–water partition coefficient (Wildman–Crippen LogP) is 2.68. The third kappa shape index (κ3) is 2.36. The Morgan fingerprint density at radius 3 is 2.47 bits per heavy atom. The summed E-state index contributed by atoms with van der Waals surface area (Å²) in [5.74, 6) is 0. The molecule has 2 aliphatic heterocycles. The van der Waals surface area contributed by atoms with Gasteiger partial charge in [-0.2, -0.15) is 0 Å². The quantitative estimate of drug-likeness (QED) is 0.696. The van der Waals surface area contributed by atoms with Crippen LogP contribution in [0.15, 0.2) is 0 Å².